The number of alkyl halides is 2. The standard InChI is InChI=1S/C17H14F2N2O2S/c1-21(10-15-20-12-7-3-5-9-14(12)24-15)16(22)11-6-2-4-8-13(11)23-17(18)19/h2-9,17H,10H2,1H3. The predicted molar refractivity (Wildman–Crippen MR) is 88.5 cm³/mol. The largest absolute Gasteiger partial charge is 0.434 e. The SMILES string of the molecule is CN(Cc1nc2ccccc2s1)C(=O)c1ccccc1OC(F)F. The lowest BCUT2D eigenvalue weighted by atomic mass is 10.2. The molecule has 3 rings (SSSR count). The zero-order chi connectivity index (χ0) is 17.1. The molecule has 1 amide bonds. The van der Waals surface area contributed by atoms with E-state index in [0.717, 1.165) is 15.2 Å². The second kappa shape index (κ2) is 6.92. The number of rotatable bonds is 5. The van der Waals surface area contributed by atoms with Gasteiger partial charge >= 0.3 is 6.61 Å². The summed E-state index contributed by atoms with van der Waals surface area (Å²) in [7, 11) is 1.60. The van der Waals surface area contributed by atoms with Gasteiger partial charge in [0.2, 0.25) is 0 Å². The molecule has 0 radical (unpaired) electrons. The topological polar surface area (TPSA) is 42.4 Å². The van der Waals surface area contributed by atoms with Gasteiger partial charge in [0, 0.05) is 7.05 Å². The van der Waals surface area contributed by atoms with Crippen molar-refractivity contribution >= 4 is 27.5 Å². The Morgan fingerprint density at radius 1 is 1.21 bits per heavy atom. The molecule has 0 saturated carbocycles. The zero-order valence-electron chi connectivity index (χ0n) is 12.8. The first-order valence-corrected chi connectivity index (χ1v) is 8.00. The zero-order valence-corrected chi connectivity index (χ0v) is 13.6. The molecule has 0 N–H and O–H groups in total. The summed E-state index contributed by atoms with van der Waals surface area (Å²) in [5.74, 6) is -0.529. The number of carbonyl (C=O) groups is 1. The van der Waals surface area contributed by atoms with Crippen molar-refractivity contribution in [3.8, 4) is 5.75 Å². The Hall–Kier alpha value is -2.54. The van der Waals surface area contributed by atoms with E-state index < -0.39 is 12.5 Å². The molecule has 1 aromatic heterocycles. The van der Waals surface area contributed by atoms with E-state index in [-0.39, 0.29) is 11.3 Å². The minimum absolute atomic E-state index is 0.0985. The van der Waals surface area contributed by atoms with E-state index in [0.29, 0.717) is 6.54 Å². The maximum atomic E-state index is 12.5. The summed E-state index contributed by atoms with van der Waals surface area (Å²) in [5.41, 5.74) is 0.973. The summed E-state index contributed by atoms with van der Waals surface area (Å²) < 4.78 is 30.4. The van der Waals surface area contributed by atoms with Crippen LogP contribution in [0.3, 0.4) is 0 Å². The molecule has 0 aliphatic heterocycles. The number of carbonyl (C=O) groups excluding carboxylic acids is 1. The third kappa shape index (κ3) is 3.51. The molecule has 4 nitrogen and oxygen atoms in total. The first kappa shape index (κ1) is 16.3. The highest BCUT2D eigenvalue weighted by Gasteiger charge is 2.19. The third-order valence-electron chi connectivity index (χ3n) is 3.39. The number of aromatic nitrogens is 1. The molecule has 0 fully saturated rings. The number of fused-ring (bicyclic) bond motifs is 1. The Morgan fingerprint density at radius 2 is 1.92 bits per heavy atom. The molecule has 124 valence electrons. The van der Waals surface area contributed by atoms with Gasteiger partial charge in [0.1, 0.15) is 10.8 Å². The van der Waals surface area contributed by atoms with Crippen LogP contribution < -0.4 is 4.74 Å². The van der Waals surface area contributed by atoms with Crippen LogP contribution in [-0.4, -0.2) is 29.5 Å². The normalized spacial score (nSPS) is 11.0. The number of para-hydroxylation sites is 2. The molecule has 0 saturated heterocycles. The van der Waals surface area contributed by atoms with Crippen molar-refractivity contribution in [3.63, 3.8) is 0 Å². The lowest BCUT2D eigenvalue weighted by Gasteiger charge is -2.17. The Kier molecular flexibility index (Phi) is 4.71. The first-order chi connectivity index (χ1) is 11.5. The number of ether oxygens (including phenoxy) is 1. The summed E-state index contributed by atoms with van der Waals surface area (Å²) in [6, 6.07) is 13.7. The van der Waals surface area contributed by atoms with Gasteiger partial charge in [-0.1, -0.05) is 24.3 Å². The Bertz CT molecular complexity index is 833. The molecular weight excluding hydrogens is 334 g/mol. The van der Waals surface area contributed by atoms with Gasteiger partial charge in [-0.2, -0.15) is 8.78 Å². The molecule has 0 unspecified atom stereocenters. The number of benzene rings is 2. The molecule has 0 bridgehead atoms. The van der Waals surface area contributed by atoms with Crippen LogP contribution in [0, 0.1) is 0 Å². The minimum atomic E-state index is -2.98. The summed E-state index contributed by atoms with van der Waals surface area (Å²) in [5, 5.41) is 0.777. The van der Waals surface area contributed by atoms with E-state index in [9.17, 15) is 13.6 Å². The fourth-order valence-corrected chi connectivity index (χ4v) is 3.33. The quantitative estimate of drug-likeness (QED) is 0.695. The van der Waals surface area contributed by atoms with Crippen molar-refractivity contribution < 1.29 is 18.3 Å². The minimum Gasteiger partial charge on any atom is -0.434 e. The molecule has 2 aromatic carbocycles. The number of hydrogen-bond acceptors (Lipinski definition) is 4. The Balaban J connectivity index is 1.79. The van der Waals surface area contributed by atoms with Crippen molar-refractivity contribution in [1.29, 1.82) is 0 Å². The van der Waals surface area contributed by atoms with E-state index in [1.807, 2.05) is 24.3 Å². The average Bonchev–Trinajstić information content (AvgIpc) is 2.96. The maximum absolute atomic E-state index is 12.5. The van der Waals surface area contributed by atoms with Crippen LogP contribution in [0.4, 0.5) is 8.78 Å². The highest BCUT2D eigenvalue weighted by atomic mass is 32.1. The molecule has 0 spiro atoms. The fraction of sp³-hybridized carbons (Fsp3) is 0.176. The highest BCUT2D eigenvalue weighted by molar-refractivity contribution is 7.18. The average molecular weight is 348 g/mol. The Morgan fingerprint density at radius 3 is 2.67 bits per heavy atom. The van der Waals surface area contributed by atoms with Crippen LogP contribution >= 0.6 is 11.3 Å². The monoisotopic (exact) mass is 348 g/mol. The van der Waals surface area contributed by atoms with Crippen molar-refractivity contribution in [2.24, 2.45) is 0 Å². The van der Waals surface area contributed by atoms with Crippen molar-refractivity contribution in [2.75, 3.05) is 7.05 Å². The van der Waals surface area contributed by atoms with E-state index in [4.69, 9.17) is 0 Å². The number of halogens is 2. The third-order valence-corrected chi connectivity index (χ3v) is 4.41. The molecule has 7 heteroatoms. The van der Waals surface area contributed by atoms with Gasteiger partial charge in [0.05, 0.1) is 22.3 Å². The molecule has 3 aromatic rings. The van der Waals surface area contributed by atoms with Crippen LogP contribution in [0.5, 0.6) is 5.75 Å². The second-order valence-electron chi connectivity index (χ2n) is 5.11. The van der Waals surface area contributed by atoms with Gasteiger partial charge in [-0.05, 0) is 24.3 Å². The maximum Gasteiger partial charge on any atom is 0.387 e. The van der Waals surface area contributed by atoms with Gasteiger partial charge < -0.3 is 9.64 Å². The number of nitrogens with zero attached hydrogens (tertiary/aromatic N) is 2. The highest BCUT2D eigenvalue weighted by Crippen LogP contribution is 2.25. The van der Waals surface area contributed by atoms with E-state index in [1.54, 1.807) is 19.2 Å². The summed E-state index contributed by atoms with van der Waals surface area (Å²) in [6.07, 6.45) is 0. The van der Waals surface area contributed by atoms with Crippen molar-refractivity contribution in [3.05, 3.63) is 59.1 Å². The second-order valence-corrected chi connectivity index (χ2v) is 6.23. The lowest BCUT2D eigenvalue weighted by Crippen LogP contribution is -2.26. The molecule has 1 heterocycles. The number of amides is 1. The van der Waals surface area contributed by atoms with Gasteiger partial charge in [0.25, 0.3) is 5.91 Å². The fourth-order valence-electron chi connectivity index (χ4n) is 2.31. The van der Waals surface area contributed by atoms with E-state index in [1.165, 1.54) is 28.4 Å². The van der Waals surface area contributed by atoms with Gasteiger partial charge in [0.15, 0.2) is 0 Å². The van der Waals surface area contributed by atoms with Crippen molar-refractivity contribution in [2.45, 2.75) is 13.2 Å². The number of hydrogen-bond donors (Lipinski definition) is 0. The van der Waals surface area contributed by atoms with Gasteiger partial charge in [-0.3, -0.25) is 4.79 Å². The number of thiazole rings is 1. The van der Waals surface area contributed by atoms with Crippen molar-refractivity contribution in [1.82, 2.24) is 9.88 Å². The van der Waals surface area contributed by atoms with Crippen LogP contribution in [0.25, 0.3) is 10.2 Å². The summed E-state index contributed by atoms with van der Waals surface area (Å²) >= 11 is 1.50. The van der Waals surface area contributed by atoms with Crippen LogP contribution in [0.1, 0.15) is 15.4 Å². The Labute approximate surface area is 141 Å². The van der Waals surface area contributed by atoms with E-state index in [2.05, 4.69) is 9.72 Å². The molecule has 0 aliphatic rings. The van der Waals surface area contributed by atoms with Crippen LogP contribution in [0.15, 0.2) is 48.5 Å². The predicted octanol–water partition coefficient (Wildman–Crippen LogP) is 4.17. The summed E-state index contributed by atoms with van der Waals surface area (Å²) in [6.45, 7) is -2.69. The first-order valence-electron chi connectivity index (χ1n) is 7.18. The van der Waals surface area contributed by atoms with Crippen LogP contribution in [-0.2, 0) is 6.54 Å². The van der Waals surface area contributed by atoms with E-state index >= 15 is 0 Å². The lowest BCUT2D eigenvalue weighted by molar-refractivity contribution is -0.0502. The smallest absolute Gasteiger partial charge is 0.387 e. The molecule has 0 aliphatic carbocycles. The summed E-state index contributed by atoms with van der Waals surface area (Å²) in [4.78, 5) is 18.5. The molecule has 0 atom stereocenters. The molecule has 24 heavy (non-hydrogen) atoms. The van der Waals surface area contributed by atoms with Gasteiger partial charge in [-0.25, -0.2) is 4.98 Å². The molecular formula is C17H14F2N2O2S. The van der Waals surface area contributed by atoms with Crippen LogP contribution in [0.2, 0.25) is 0 Å². The van der Waals surface area contributed by atoms with Gasteiger partial charge in [-0.15, -0.1) is 11.3 Å².